The molecule has 6 nitrogen and oxygen atoms in total. The third kappa shape index (κ3) is 2.87. The first kappa shape index (κ1) is 17.1. The lowest BCUT2D eigenvalue weighted by Crippen LogP contribution is -2.22. The van der Waals surface area contributed by atoms with Crippen molar-refractivity contribution in [2.45, 2.75) is 32.5 Å². The molecular weight excluding hydrogens is 376 g/mol. The molecule has 2 unspecified atom stereocenters. The Morgan fingerprint density at radius 1 is 1.42 bits per heavy atom. The number of rotatable bonds is 3. The van der Waals surface area contributed by atoms with E-state index >= 15 is 0 Å². The number of esters is 2. The van der Waals surface area contributed by atoms with Crippen LogP contribution in [0.25, 0.3) is 15.9 Å². The van der Waals surface area contributed by atoms with Crippen molar-refractivity contribution in [3.8, 4) is 5.69 Å². The van der Waals surface area contributed by atoms with Crippen molar-refractivity contribution in [3.05, 3.63) is 45.9 Å². The normalized spacial score (nSPS) is 19.7. The number of aryl methyl sites for hydroxylation is 1. The molecule has 3 aromatic rings. The van der Waals surface area contributed by atoms with Gasteiger partial charge in [0.25, 0.3) is 0 Å². The van der Waals surface area contributed by atoms with Gasteiger partial charge in [-0.15, -0.1) is 11.3 Å². The van der Waals surface area contributed by atoms with E-state index in [-0.39, 0.29) is 6.10 Å². The number of benzene rings is 1. The van der Waals surface area contributed by atoms with Gasteiger partial charge >= 0.3 is 11.9 Å². The van der Waals surface area contributed by atoms with Crippen molar-refractivity contribution in [1.82, 2.24) is 9.78 Å². The van der Waals surface area contributed by atoms with E-state index in [2.05, 4.69) is 5.10 Å². The minimum Gasteiger partial charge on any atom is -0.460 e. The predicted molar refractivity (Wildman–Crippen MR) is 98.1 cm³/mol. The maximum absolute atomic E-state index is 12.5. The van der Waals surface area contributed by atoms with Gasteiger partial charge in [0.2, 0.25) is 6.10 Å². The fourth-order valence-electron chi connectivity index (χ4n) is 2.94. The smallest absolute Gasteiger partial charge is 0.349 e. The van der Waals surface area contributed by atoms with Crippen LogP contribution < -0.4 is 0 Å². The van der Waals surface area contributed by atoms with Crippen LogP contribution in [0.4, 0.5) is 0 Å². The number of hydrogen-bond acceptors (Lipinski definition) is 6. The summed E-state index contributed by atoms with van der Waals surface area (Å²) in [7, 11) is 0. The summed E-state index contributed by atoms with van der Waals surface area (Å²) in [6.07, 6.45) is -0.704. The summed E-state index contributed by atoms with van der Waals surface area (Å²) in [4.78, 5) is 25.4. The molecule has 1 aliphatic rings. The van der Waals surface area contributed by atoms with Crippen LogP contribution in [-0.4, -0.2) is 33.9 Å². The molecule has 2 aromatic heterocycles. The molecule has 1 saturated heterocycles. The molecule has 0 spiro atoms. The average molecular weight is 391 g/mol. The molecule has 134 valence electrons. The number of para-hydroxylation sites is 1. The number of halogens is 1. The topological polar surface area (TPSA) is 70.4 Å². The van der Waals surface area contributed by atoms with E-state index in [0.717, 1.165) is 21.6 Å². The van der Waals surface area contributed by atoms with E-state index < -0.39 is 18.0 Å². The predicted octanol–water partition coefficient (Wildman–Crippen LogP) is 3.91. The number of cyclic esters (lactones) is 1. The van der Waals surface area contributed by atoms with Crippen molar-refractivity contribution in [2.24, 2.45) is 0 Å². The monoisotopic (exact) mass is 390 g/mol. The minimum absolute atomic E-state index is 0.237. The molecule has 1 fully saturated rings. The van der Waals surface area contributed by atoms with Gasteiger partial charge in [-0.25, -0.2) is 14.3 Å². The molecule has 2 atom stereocenters. The number of nitrogens with zero attached hydrogens (tertiary/aromatic N) is 2. The van der Waals surface area contributed by atoms with Gasteiger partial charge in [-0.1, -0.05) is 23.7 Å². The largest absolute Gasteiger partial charge is 0.460 e. The van der Waals surface area contributed by atoms with Gasteiger partial charge in [0.15, 0.2) is 0 Å². The Kier molecular flexibility index (Phi) is 4.20. The molecule has 8 heteroatoms. The average Bonchev–Trinajstić information content (AvgIpc) is 3.24. The summed E-state index contributed by atoms with van der Waals surface area (Å²) < 4.78 is 12.1. The fourth-order valence-corrected chi connectivity index (χ4v) is 4.21. The van der Waals surface area contributed by atoms with Crippen LogP contribution >= 0.6 is 22.9 Å². The zero-order valence-electron chi connectivity index (χ0n) is 14.1. The molecule has 0 saturated carbocycles. The first-order valence-corrected chi connectivity index (χ1v) is 9.29. The first-order valence-electron chi connectivity index (χ1n) is 8.09. The van der Waals surface area contributed by atoms with E-state index in [1.807, 2.05) is 25.1 Å². The number of fused-ring (bicyclic) bond motifs is 1. The minimum atomic E-state index is -0.844. The summed E-state index contributed by atoms with van der Waals surface area (Å²) in [5.41, 5.74) is 1.52. The molecule has 0 aliphatic carbocycles. The highest BCUT2D eigenvalue weighted by Crippen LogP contribution is 2.33. The van der Waals surface area contributed by atoms with Crippen molar-refractivity contribution in [2.75, 3.05) is 0 Å². The second-order valence-electron chi connectivity index (χ2n) is 6.16. The van der Waals surface area contributed by atoms with Crippen LogP contribution in [0.5, 0.6) is 0 Å². The molecule has 3 heterocycles. The molecule has 0 radical (unpaired) electrons. The van der Waals surface area contributed by atoms with Crippen LogP contribution in [0.15, 0.2) is 30.3 Å². The maximum atomic E-state index is 12.5. The molecule has 1 aromatic carbocycles. The van der Waals surface area contributed by atoms with E-state index in [0.29, 0.717) is 16.3 Å². The number of carbonyl (C=O) groups excluding carboxylic acids is 2. The number of aromatic nitrogens is 2. The highest BCUT2D eigenvalue weighted by Gasteiger charge is 2.35. The molecular formula is C18H15ClN2O4S. The van der Waals surface area contributed by atoms with Gasteiger partial charge in [0.05, 0.1) is 16.4 Å². The highest BCUT2D eigenvalue weighted by atomic mass is 35.5. The maximum Gasteiger partial charge on any atom is 0.349 e. The Balaban J connectivity index is 1.68. The first-order chi connectivity index (χ1) is 12.4. The zero-order chi connectivity index (χ0) is 18.4. The van der Waals surface area contributed by atoms with Crippen LogP contribution in [0.1, 0.15) is 28.7 Å². The zero-order valence-corrected chi connectivity index (χ0v) is 15.6. The van der Waals surface area contributed by atoms with Crippen molar-refractivity contribution in [1.29, 1.82) is 0 Å². The Labute approximate surface area is 158 Å². The highest BCUT2D eigenvalue weighted by molar-refractivity contribution is 7.20. The van der Waals surface area contributed by atoms with Crippen LogP contribution in [0.3, 0.4) is 0 Å². The quantitative estimate of drug-likeness (QED) is 0.634. The van der Waals surface area contributed by atoms with E-state index in [1.54, 1.807) is 23.7 Å². The third-order valence-electron chi connectivity index (χ3n) is 4.20. The lowest BCUT2D eigenvalue weighted by atomic mass is 10.2. The van der Waals surface area contributed by atoms with Gasteiger partial charge < -0.3 is 9.47 Å². The lowest BCUT2D eigenvalue weighted by Gasteiger charge is -2.07. The third-order valence-corrected chi connectivity index (χ3v) is 5.61. The van der Waals surface area contributed by atoms with E-state index in [9.17, 15) is 9.59 Å². The molecule has 26 heavy (non-hydrogen) atoms. The fraction of sp³-hybridized carbons (Fsp3) is 0.278. The Morgan fingerprint density at radius 3 is 2.88 bits per heavy atom. The van der Waals surface area contributed by atoms with Crippen LogP contribution in [-0.2, 0) is 14.3 Å². The number of ether oxygens (including phenoxy) is 2. The summed E-state index contributed by atoms with van der Waals surface area (Å²) in [5, 5.41) is 5.94. The van der Waals surface area contributed by atoms with Gasteiger partial charge in [-0.05, 0) is 32.0 Å². The summed E-state index contributed by atoms with van der Waals surface area (Å²) >= 11 is 7.54. The van der Waals surface area contributed by atoms with Gasteiger partial charge in [-0.2, -0.15) is 5.10 Å². The molecule has 1 aliphatic heterocycles. The van der Waals surface area contributed by atoms with Gasteiger partial charge in [-0.3, -0.25) is 0 Å². The molecule has 0 N–H and O–H groups in total. The number of carbonyl (C=O) groups is 2. The van der Waals surface area contributed by atoms with Gasteiger partial charge in [0.1, 0.15) is 15.8 Å². The second-order valence-corrected chi connectivity index (χ2v) is 7.59. The van der Waals surface area contributed by atoms with Crippen LogP contribution in [0.2, 0.25) is 5.02 Å². The summed E-state index contributed by atoms with van der Waals surface area (Å²) in [5.74, 6) is -1.03. The van der Waals surface area contributed by atoms with Crippen LogP contribution in [0, 0.1) is 6.92 Å². The number of thiophene rings is 1. The van der Waals surface area contributed by atoms with E-state index in [1.165, 1.54) is 11.3 Å². The SMILES string of the molecule is Cc1nn(-c2ccccc2Cl)c2sc(C(=O)OC3CC(C)OC3=O)cc12. The molecule has 0 amide bonds. The standard InChI is InChI=1S/C18H15ClN2O4S/c1-9-7-14(17(22)24-9)25-18(23)15-8-11-10(2)20-21(16(11)26-15)13-6-4-3-5-12(13)19/h3-6,8-9,14H,7H2,1-2H3. The number of hydrogen-bond donors (Lipinski definition) is 0. The Morgan fingerprint density at radius 2 is 2.19 bits per heavy atom. The Hall–Kier alpha value is -2.38. The van der Waals surface area contributed by atoms with Crippen molar-refractivity contribution in [3.63, 3.8) is 0 Å². The Bertz CT molecular complexity index is 1030. The van der Waals surface area contributed by atoms with Crippen molar-refractivity contribution >= 4 is 45.1 Å². The summed E-state index contributed by atoms with van der Waals surface area (Å²) in [6, 6.07) is 9.11. The molecule has 4 rings (SSSR count). The lowest BCUT2D eigenvalue weighted by molar-refractivity contribution is -0.147. The van der Waals surface area contributed by atoms with Gasteiger partial charge in [0, 0.05) is 11.8 Å². The summed E-state index contributed by atoms with van der Waals surface area (Å²) in [6.45, 7) is 3.64. The second kappa shape index (κ2) is 6.41. The van der Waals surface area contributed by atoms with E-state index in [4.69, 9.17) is 21.1 Å². The van der Waals surface area contributed by atoms with Crippen molar-refractivity contribution < 1.29 is 19.1 Å². The molecule has 0 bridgehead atoms.